The lowest BCUT2D eigenvalue weighted by Crippen LogP contribution is -2.03. The van der Waals surface area contributed by atoms with Gasteiger partial charge in [0.2, 0.25) is 0 Å². The van der Waals surface area contributed by atoms with Crippen LogP contribution in [-0.2, 0) is 6.61 Å². The van der Waals surface area contributed by atoms with Gasteiger partial charge in [-0.05, 0) is 46.9 Å². The van der Waals surface area contributed by atoms with Crippen LogP contribution < -0.4 is 10.5 Å². The maximum atomic E-state index is 13.7. The van der Waals surface area contributed by atoms with Crippen LogP contribution in [0.1, 0.15) is 11.1 Å². The van der Waals surface area contributed by atoms with Crippen LogP contribution in [0.3, 0.4) is 0 Å². The van der Waals surface area contributed by atoms with E-state index < -0.39 is 0 Å². The topological polar surface area (TPSA) is 59.0 Å². The molecule has 0 aromatic heterocycles. The Morgan fingerprint density at radius 1 is 1.35 bits per heavy atom. The summed E-state index contributed by atoms with van der Waals surface area (Å²) in [7, 11) is 0. The van der Waals surface area contributed by atoms with Gasteiger partial charge in [-0.2, -0.15) is 5.26 Å². The quantitative estimate of drug-likeness (QED) is 0.567. The maximum Gasteiger partial charge on any atom is 0.156 e. The Bertz CT molecular complexity index is 677. The van der Waals surface area contributed by atoms with Crippen LogP contribution in [0.5, 0.6) is 5.75 Å². The van der Waals surface area contributed by atoms with Gasteiger partial charge in [0.25, 0.3) is 0 Å². The molecule has 0 amide bonds. The van der Waals surface area contributed by atoms with Crippen LogP contribution in [0.4, 0.5) is 10.1 Å². The van der Waals surface area contributed by atoms with E-state index in [9.17, 15) is 4.39 Å². The summed E-state index contributed by atoms with van der Waals surface area (Å²) >= 11 is 5.23. The number of nitrogens with zero attached hydrogens (tertiary/aromatic N) is 1. The van der Waals surface area contributed by atoms with Gasteiger partial charge in [-0.3, -0.25) is 0 Å². The smallest absolute Gasteiger partial charge is 0.156 e. The monoisotopic (exact) mass is 446 g/mol. The Balaban J connectivity index is 2.21. The molecule has 6 heteroatoms. The molecular weight excluding hydrogens is 438 g/mol. The number of rotatable bonds is 3. The molecule has 0 fully saturated rings. The minimum absolute atomic E-state index is 0.0746. The molecule has 102 valence electrons. The summed E-state index contributed by atoms with van der Waals surface area (Å²) in [5, 5.41) is 8.84. The summed E-state index contributed by atoms with van der Waals surface area (Å²) in [5.41, 5.74) is 7.11. The van der Waals surface area contributed by atoms with Crippen molar-refractivity contribution in [2.75, 3.05) is 5.73 Å². The van der Waals surface area contributed by atoms with Crippen molar-refractivity contribution < 1.29 is 9.13 Å². The van der Waals surface area contributed by atoms with Gasteiger partial charge >= 0.3 is 0 Å². The summed E-state index contributed by atoms with van der Waals surface area (Å²) in [6.07, 6.45) is 0. The Hall–Kier alpha value is -1.33. The summed E-state index contributed by atoms with van der Waals surface area (Å²) in [6.45, 7) is 0.0746. The van der Waals surface area contributed by atoms with Crippen molar-refractivity contribution in [1.29, 1.82) is 5.26 Å². The van der Waals surface area contributed by atoms with Gasteiger partial charge in [-0.15, -0.1) is 0 Å². The van der Waals surface area contributed by atoms with Gasteiger partial charge in [-0.1, -0.05) is 22.0 Å². The number of nitriles is 1. The second-order valence-electron chi connectivity index (χ2n) is 4.01. The third kappa shape index (κ3) is 3.41. The Labute approximate surface area is 137 Å². The van der Waals surface area contributed by atoms with Crippen LogP contribution >= 0.6 is 38.5 Å². The predicted octanol–water partition coefficient (Wildman–Crippen LogP) is 4.23. The fraction of sp³-hybridized carbons (Fsp3) is 0.0714. The van der Waals surface area contributed by atoms with Gasteiger partial charge in [0.1, 0.15) is 12.4 Å². The number of anilines is 1. The predicted molar refractivity (Wildman–Crippen MR) is 86.7 cm³/mol. The van der Waals surface area contributed by atoms with Crippen molar-refractivity contribution in [3.63, 3.8) is 0 Å². The van der Waals surface area contributed by atoms with Crippen LogP contribution in [0.25, 0.3) is 0 Å². The summed E-state index contributed by atoms with van der Waals surface area (Å²) in [4.78, 5) is 0. The van der Waals surface area contributed by atoms with Crippen molar-refractivity contribution in [2.45, 2.75) is 6.61 Å². The number of nitrogens with two attached hydrogens (primary N) is 1. The normalized spacial score (nSPS) is 10.1. The van der Waals surface area contributed by atoms with Gasteiger partial charge in [0.15, 0.2) is 5.75 Å². The van der Waals surface area contributed by atoms with Crippen molar-refractivity contribution in [3.8, 4) is 11.8 Å². The Morgan fingerprint density at radius 2 is 2.10 bits per heavy atom. The number of halogens is 3. The molecule has 2 aromatic rings. The summed E-state index contributed by atoms with van der Waals surface area (Å²) in [6, 6.07) is 10.00. The van der Waals surface area contributed by atoms with Crippen molar-refractivity contribution in [2.24, 2.45) is 0 Å². The zero-order chi connectivity index (χ0) is 14.7. The SMILES string of the molecule is N#Cc1cc(N)c(OCc2ccc(Br)cc2F)c(I)c1. The first-order valence-electron chi connectivity index (χ1n) is 5.57. The van der Waals surface area contributed by atoms with Crippen molar-refractivity contribution in [1.82, 2.24) is 0 Å². The zero-order valence-electron chi connectivity index (χ0n) is 10.2. The van der Waals surface area contributed by atoms with Crippen LogP contribution in [0.2, 0.25) is 0 Å². The number of hydrogen-bond donors (Lipinski definition) is 1. The average molecular weight is 447 g/mol. The van der Waals surface area contributed by atoms with E-state index in [1.165, 1.54) is 12.1 Å². The fourth-order valence-electron chi connectivity index (χ4n) is 1.62. The molecule has 0 saturated heterocycles. The highest BCUT2D eigenvalue weighted by molar-refractivity contribution is 14.1. The molecule has 0 bridgehead atoms. The van der Waals surface area contributed by atoms with Gasteiger partial charge in [0, 0.05) is 10.0 Å². The second kappa shape index (κ2) is 6.41. The Kier molecular flexibility index (Phi) is 4.83. The number of nitrogen functional groups attached to an aromatic ring is 1. The molecule has 0 heterocycles. The Morgan fingerprint density at radius 3 is 2.70 bits per heavy atom. The largest absolute Gasteiger partial charge is 0.486 e. The molecule has 0 aliphatic heterocycles. The highest BCUT2D eigenvalue weighted by Crippen LogP contribution is 2.30. The lowest BCUT2D eigenvalue weighted by molar-refractivity contribution is 0.299. The van der Waals surface area contributed by atoms with Gasteiger partial charge in [0.05, 0.1) is 20.9 Å². The molecule has 0 aliphatic rings. The number of ether oxygens (including phenoxy) is 1. The first kappa shape index (κ1) is 15.1. The molecule has 0 aliphatic carbocycles. The molecule has 0 radical (unpaired) electrons. The number of hydrogen-bond acceptors (Lipinski definition) is 3. The standard InChI is InChI=1S/C14H9BrFIN2O/c15-10-2-1-9(11(16)5-10)7-20-14-12(17)3-8(6-18)4-13(14)19/h1-5H,7,19H2. The third-order valence-corrected chi connectivity index (χ3v) is 3.88. The van der Waals surface area contributed by atoms with E-state index in [1.807, 2.05) is 28.7 Å². The third-order valence-electron chi connectivity index (χ3n) is 2.59. The minimum Gasteiger partial charge on any atom is -0.486 e. The van der Waals surface area contributed by atoms with Crippen LogP contribution in [0, 0.1) is 20.7 Å². The average Bonchev–Trinajstić information content (AvgIpc) is 2.39. The van der Waals surface area contributed by atoms with E-state index in [0.29, 0.717) is 27.0 Å². The highest BCUT2D eigenvalue weighted by atomic mass is 127. The second-order valence-corrected chi connectivity index (χ2v) is 6.09. The minimum atomic E-state index is -0.346. The maximum absolute atomic E-state index is 13.7. The van der Waals surface area contributed by atoms with Crippen molar-refractivity contribution in [3.05, 3.63) is 55.3 Å². The summed E-state index contributed by atoms with van der Waals surface area (Å²) < 4.78 is 20.7. The van der Waals surface area contributed by atoms with E-state index in [-0.39, 0.29) is 12.4 Å². The molecule has 0 atom stereocenters. The molecule has 3 nitrogen and oxygen atoms in total. The molecule has 0 spiro atoms. The molecule has 2 aromatic carbocycles. The first-order valence-corrected chi connectivity index (χ1v) is 7.44. The van der Waals surface area contributed by atoms with E-state index in [4.69, 9.17) is 15.7 Å². The van der Waals surface area contributed by atoms with E-state index in [0.717, 1.165) is 3.57 Å². The van der Waals surface area contributed by atoms with Crippen LogP contribution in [0.15, 0.2) is 34.8 Å². The lowest BCUT2D eigenvalue weighted by Gasteiger charge is -2.12. The zero-order valence-corrected chi connectivity index (χ0v) is 13.9. The highest BCUT2D eigenvalue weighted by Gasteiger charge is 2.10. The van der Waals surface area contributed by atoms with Gasteiger partial charge in [-0.25, -0.2) is 4.39 Å². The fourth-order valence-corrected chi connectivity index (χ4v) is 2.76. The van der Waals surface area contributed by atoms with E-state index in [1.54, 1.807) is 18.2 Å². The molecule has 0 saturated carbocycles. The molecule has 2 rings (SSSR count). The molecule has 0 unspecified atom stereocenters. The molecule has 2 N–H and O–H groups in total. The van der Waals surface area contributed by atoms with E-state index in [2.05, 4.69) is 15.9 Å². The molecule has 20 heavy (non-hydrogen) atoms. The lowest BCUT2D eigenvalue weighted by atomic mass is 10.2. The van der Waals surface area contributed by atoms with E-state index >= 15 is 0 Å². The summed E-state index contributed by atoms with van der Waals surface area (Å²) in [5.74, 6) is 0.119. The van der Waals surface area contributed by atoms with Crippen molar-refractivity contribution >= 4 is 44.2 Å². The molecular formula is C14H9BrFIN2O. The van der Waals surface area contributed by atoms with Gasteiger partial charge < -0.3 is 10.5 Å². The number of benzene rings is 2. The first-order chi connectivity index (χ1) is 9.51. The van der Waals surface area contributed by atoms with Crippen LogP contribution in [-0.4, -0.2) is 0 Å².